The summed E-state index contributed by atoms with van der Waals surface area (Å²) in [7, 11) is 0. The van der Waals surface area contributed by atoms with Crippen LogP contribution in [0.15, 0.2) is 18.2 Å². The number of aromatic carboxylic acids is 1. The molecule has 0 radical (unpaired) electrons. The highest BCUT2D eigenvalue weighted by atomic mass is 35.5. The molecular formula is C14H18ClNO2. The lowest BCUT2D eigenvalue weighted by Crippen LogP contribution is -2.20. The van der Waals surface area contributed by atoms with Gasteiger partial charge in [0.15, 0.2) is 0 Å². The van der Waals surface area contributed by atoms with Crippen molar-refractivity contribution in [3.8, 4) is 0 Å². The number of hydrogen-bond donors (Lipinski definition) is 1. The smallest absolute Gasteiger partial charge is 0.335 e. The highest BCUT2D eigenvalue weighted by Gasteiger charge is 2.26. The van der Waals surface area contributed by atoms with E-state index in [9.17, 15) is 4.79 Å². The summed E-state index contributed by atoms with van der Waals surface area (Å²) < 4.78 is 0. The second-order valence-electron chi connectivity index (χ2n) is 5.26. The van der Waals surface area contributed by atoms with E-state index in [0.29, 0.717) is 16.9 Å². The van der Waals surface area contributed by atoms with Crippen molar-refractivity contribution >= 4 is 17.6 Å². The van der Waals surface area contributed by atoms with E-state index in [-0.39, 0.29) is 5.56 Å². The topological polar surface area (TPSA) is 40.5 Å². The van der Waals surface area contributed by atoms with Crippen molar-refractivity contribution in [1.29, 1.82) is 0 Å². The summed E-state index contributed by atoms with van der Waals surface area (Å²) in [4.78, 5) is 13.2. The Morgan fingerprint density at radius 1 is 1.39 bits per heavy atom. The van der Waals surface area contributed by atoms with E-state index >= 15 is 0 Å². The van der Waals surface area contributed by atoms with Gasteiger partial charge in [-0.15, -0.1) is 0 Å². The normalized spacial score (nSPS) is 24.4. The third kappa shape index (κ3) is 2.85. The maximum absolute atomic E-state index is 10.8. The summed E-state index contributed by atoms with van der Waals surface area (Å²) in [5, 5.41) is 9.43. The molecule has 1 N–H and O–H groups in total. The lowest BCUT2D eigenvalue weighted by molar-refractivity contribution is 0.0697. The van der Waals surface area contributed by atoms with Crippen LogP contribution in [0, 0.1) is 11.8 Å². The summed E-state index contributed by atoms with van der Waals surface area (Å²) in [5.74, 6) is 0.482. The van der Waals surface area contributed by atoms with Crippen molar-refractivity contribution in [1.82, 2.24) is 4.90 Å². The second-order valence-corrected chi connectivity index (χ2v) is 5.67. The Hall–Kier alpha value is -1.06. The van der Waals surface area contributed by atoms with Crippen molar-refractivity contribution in [2.24, 2.45) is 11.8 Å². The molecule has 0 aromatic heterocycles. The van der Waals surface area contributed by atoms with Crippen molar-refractivity contribution in [2.45, 2.75) is 20.4 Å². The molecule has 0 amide bonds. The van der Waals surface area contributed by atoms with E-state index in [2.05, 4.69) is 18.7 Å². The lowest BCUT2D eigenvalue weighted by atomic mass is 10.0. The SMILES string of the molecule is CC1CN(Cc2ccc(C(=O)O)cc2Cl)CC1C. The maximum Gasteiger partial charge on any atom is 0.335 e. The van der Waals surface area contributed by atoms with E-state index in [1.54, 1.807) is 6.07 Å². The van der Waals surface area contributed by atoms with Gasteiger partial charge in [-0.2, -0.15) is 0 Å². The number of rotatable bonds is 3. The van der Waals surface area contributed by atoms with Crippen LogP contribution in [-0.4, -0.2) is 29.1 Å². The first-order valence-corrected chi connectivity index (χ1v) is 6.59. The molecule has 1 aliphatic heterocycles. The van der Waals surface area contributed by atoms with Gasteiger partial charge in [-0.1, -0.05) is 31.5 Å². The van der Waals surface area contributed by atoms with E-state index in [4.69, 9.17) is 16.7 Å². The zero-order valence-electron chi connectivity index (χ0n) is 10.7. The molecule has 4 heteroatoms. The fraction of sp³-hybridized carbons (Fsp3) is 0.500. The Balaban J connectivity index is 2.08. The third-order valence-electron chi connectivity index (χ3n) is 3.76. The number of nitrogens with zero attached hydrogens (tertiary/aromatic N) is 1. The Kier molecular flexibility index (Phi) is 3.93. The molecule has 1 aromatic rings. The van der Waals surface area contributed by atoms with Crippen LogP contribution >= 0.6 is 11.6 Å². The monoisotopic (exact) mass is 267 g/mol. The molecular weight excluding hydrogens is 250 g/mol. The molecule has 0 aliphatic carbocycles. The Morgan fingerprint density at radius 3 is 2.50 bits per heavy atom. The van der Waals surface area contributed by atoms with Gasteiger partial charge < -0.3 is 5.11 Å². The predicted octanol–water partition coefficient (Wildman–Crippen LogP) is 3.13. The van der Waals surface area contributed by atoms with Gasteiger partial charge in [0, 0.05) is 24.7 Å². The van der Waals surface area contributed by atoms with Gasteiger partial charge in [0.05, 0.1) is 5.56 Å². The molecule has 98 valence electrons. The quantitative estimate of drug-likeness (QED) is 0.915. The molecule has 0 bridgehead atoms. The van der Waals surface area contributed by atoms with Crippen molar-refractivity contribution < 1.29 is 9.90 Å². The number of carbonyl (C=O) groups is 1. The van der Waals surface area contributed by atoms with Crippen molar-refractivity contribution in [3.63, 3.8) is 0 Å². The van der Waals surface area contributed by atoms with Gasteiger partial charge in [-0.05, 0) is 29.5 Å². The van der Waals surface area contributed by atoms with Crippen LogP contribution in [0.1, 0.15) is 29.8 Å². The van der Waals surface area contributed by atoms with Gasteiger partial charge in [0.1, 0.15) is 0 Å². The largest absolute Gasteiger partial charge is 0.478 e. The molecule has 0 saturated carbocycles. The molecule has 1 saturated heterocycles. The van der Waals surface area contributed by atoms with Crippen LogP contribution in [0.5, 0.6) is 0 Å². The van der Waals surface area contributed by atoms with Gasteiger partial charge in [0.25, 0.3) is 0 Å². The number of carboxylic acids is 1. The number of likely N-dealkylation sites (tertiary alicyclic amines) is 1. The first-order chi connectivity index (χ1) is 8.47. The first-order valence-electron chi connectivity index (χ1n) is 6.21. The summed E-state index contributed by atoms with van der Waals surface area (Å²) >= 11 is 6.13. The molecule has 18 heavy (non-hydrogen) atoms. The first kappa shape index (κ1) is 13.4. The molecule has 3 nitrogen and oxygen atoms in total. The number of halogens is 1. The average Bonchev–Trinajstić information content (AvgIpc) is 2.61. The van der Waals surface area contributed by atoms with Crippen LogP contribution in [0.25, 0.3) is 0 Å². The number of carboxylic acid groups (broad SMARTS) is 1. The summed E-state index contributed by atoms with van der Waals surface area (Å²) in [6, 6.07) is 4.97. The van der Waals surface area contributed by atoms with Gasteiger partial charge in [0.2, 0.25) is 0 Å². The Bertz CT molecular complexity index is 451. The molecule has 2 unspecified atom stereocenters. The number of benzene rings is 1. The minimum atomic E-state index is -0.938. The van der Waals surface area contributed by atoms with Crippen LogP contribution in [0.4, 0.5) is 0 Å². The van der Waals surface area contributed by atoms with Crippen molar-refractivity contribution in [3.05, 3.63) is 34.3 Å². The third-order valence-corrected chi connectivity index (χ3v) is 4.11. The van der Waals surface area contributed by atoms with E-state index < -0.39 is 5.97 Å². The standard InChI is InChI=1S/C14H18ClNO2/c1-9-6-16(7-10(9)2)8-12-4-3-11(14(17)18)5-13(12)15/h3-5,9-10H,6-8H2,1-2H3,(H,17,18). The summed E-state index contributed by atoms with van der Waals surface area (Å²) in [5.41, 5.74) is 1.25. The molecule has 1 fully saturated rings. The molecule has 1 aliphatic rings. The van der Waals surface area contributed by atoms with Crippen LogP contribution < -0.4 is 0 Å². The maximum atomic E-state index is 10.8. The van der Waals surface area contributed by atoms with Crippen LogP contribution in [0.2, 0.25) is 5.02 Å². The second kappa shape index (κ2) is 5.29. The molecule has 1 aromatic carbocycles. The average molecular weight is 268 g/mol. The van der Waals surface area contributed by atoms with Crippen LogP contribution in [0.3, 0.4) is 0 Å². The zero-order chi connectivity index (χ0) is 13.3. The summed E-state index contributed by atoms with van der Waals surface area (Å²) in [6.45, 7) is 7.49. The zero-order valence-corrected chi connectivity index (χ0v) is 11.4. The molecule has 0 spiro atoms. The summed E-state index contributed by atoms with van der Waals surface area (Å²) in [6.07, 6.45) is 0. The molecule has 1 heterocycles. The molecule has 2 atom stereocenters. The van der Waals surface area contributed by atoms with E-state index in [1.165, 1.54) is 6.07 Å². The predicted molar refractivity (Wildman–Crippen MR) is 72.0 cm³/mol. The fourth-order valence-corrected chi connectivity index (χ4v) is 2.67. The Morgan fingerprint density at radius 2 is 2.00 bits per heavy atom. The van der Waals surface area contributed by atoms with Crippen molar-refractivity contribution in [2.75, 3.05) is 13.1 Å². The highest BCUT2D eigenvalue weighted by molar-refractivity contribution is 6.31. The van der Waals surface area contributed by atoms with Crippen LogP contribution in [-0.2, 0) is 6.54 Å². The highest BCUT2D eigenvalue weighted by Crippen LogP contribution is 2.26. The van der Waals surface area contributed by atoms with Gasteiger partial charge in [-0.3, -0.25) is 4.90 Å². The lowest BCUT2D eigenvalue weighted by Gasteiger charge is -2.16. The van der Waals surface area contributed by atoms with E-state index in [0.717, 1.165) is 25.2 Å². The molecule has 2 rings (SSSR count). The Labute approximate surface area is 112 Å². The number of hydrogen-bond acceptors (Lipinski definition) is 2. The minimum Gasteiger partial charge on any atom is -0.478 e. The fourth-order valence-electron chi connectivity index (χ4n) is 2.43. The van der Waals surface area contributed by atoms with Gasteiger partial charge in [-0.25, -0.2) is 4.79 Å². The van der Waals surface area contributed by atoms with E-state index in [1.807, 2.05) is 6.07 Å². The minimum absolute atomic E-state index is 0.243. The van der Waals surface area contributed by atoms with Gasteiger partial charge >= 0.3 is 5.97 Å².